The van der Waals surface area contributed by atoms with E-state index in [4.69, 9.17) is 12.3 Å². The summed E-state index contributed by atoms with van der Waals surface area (Å²) in [6.07, 6.45) is 0. The van der Waals surface area contributed by atoms with E-state index in [0.29, 0.717) is 16.8 Å². The summed E-state index contributed by atoms with van der Waals surface area (Å²) in [6, 6.07) is 16.5. The van der Waals surface area contributed by atoms with E-state index < -0.39 is 108 Å². The molecule has 0 bridgehead atoms. The standard InChI is InChI=1S/C48H32N2/c1-4-14-33(15-5-1)37-28-38(34-16-6-2-7-17-34)30-40(29-37)50-46-23-13-11-21-42(46)44-32-36(25-27-48(44)50)35-24-26-47-43(31-35)41-20-10-12-22-45(41)49(47)39-18-8-3-9-19-39/h1-32H/i3D,10D,11D,12D,13D,18D,19D,20D,21D,22D,23D,24D,25D,26D,27D,31D,32D. The van der Waals surface area contributed by atoms with Crippen LogP contribution in [-0.4, -0.2) is 9.13 Å². The van der Waals surface area contributed by atoms with E-state index in [0.717, 1.165) is 27.8 Å². The normalized spacial score (nSPS) is 16.4. The average molecular weight is 654 g/mol. The van der Waals surface area contributed by atoms with Crippen LogP contribution >= 0.6 is 0 Å². The zero-order chi connectivity index (χ0) is 47.8. The molecule has 234 valence electrons. The molecule has 50 heavy (non-hydrogen) atoms. The van der Waals surface area contributed by atoms with Gasteiger partial charge in [0.05, 0.1) is 45.4 Å². The predicted molar refractivity (Wildman–Crippen MR) is 211 cm³/mol. The lowest BCUT2D eigenvalue weighted by Gasteiger charge is -2.14. The van der Waals surface area contributed by atoms with Crippen molar-refractivity contribution in [3.63, 3.8) is 0 Å². The minimum atomic E-state index is -0.763. The molecule has 0 N–H and O–H groups in total. The third-order valence-electron chi connectivity index (χ3n) is 8.76. The smallest absolute Gasteiger partial charge is 0.0645 e. The molecule has 0 fully saturated rings. The van der Waals surface area contributed by atoms with Gasteiger partial charge < -0.3 is 9.13 Å². The van der Waals surface area contributed by atoms with Gasteiger partial charge in [0.15, 0.2) is 0 Å². The van der Waals surface area contributed by atoms with Gasteiger partial charge in [-0.25, -0.2) is 0 Å². The third kappa shape index (κ3) is 4.57. The highest BCUT2D eigenvalue weighted by molar-refractivity contribution is 6.12. The van der Waals surface area contributed by atoms with Crippen LogP contribution in [0.5, 0.6) is 0 Å². The molecule has 0 unspecified atom stereocenters. The second kappa shape index (κ2) is 11.5. The minimum Gasteiger partial charge on any atom is -0.309 e. The highest BCUT2D eigenvalue weighted by atomic mass is 15.0. The molecule has 0 saturated heterocycles. The zero-order valence-corrected chi connectivity index (χ0v) is 26.1. The maximum Gasteiger partial charge on any atom is 0.0645 e. The van der Waals surface area contributed by atoms with Crippen LogP contribution in [0.15, 0.2) is 194 Å². The van der Waals surface area contributed by atoms with Gasteiger partial charge >= 0.3 is 0 Å². The van der Waals surface area contributed by atoms with Crippen LogP contribution in [0.4, 0.5) is 0 Å². The van der Waals surface area contributed by atoms with Crippen molar-refractivity contribution in [2.75, 3.05) is 0 Å². The maximum atomic E-state index is 9.92. The molecule has 10 rings (SSSR count). The Morgan fingerprint density at radius 1 is 0.320 bits per heavy atom. The lowest BCUT2D eigenvalue weighted by molar-refractivity contribution is 1.18. The van der Waals surface area contributed by atoms with Gasteiger partial charge in [0, 0.05) is 32.9 Å². The number of hydrogen-bond acceptors (Lipinski definition) is 0. The quantitative estimate of drug-likeness (QED) is 0.175. The molecular weight excluding hydrogens is 605 g/mol. The van der Waals surface area contributed by atoms with Gasteiger partial charge in [-0.05, 0) is 99.9 Å². The van der Waals surface area contributed by atoms with Gasteiger partial charge in [-0.15, -0.1) is 0 Å². The molecule has 2 heteroatoms. The molecule has 0 aliphatic carbocycles. The molecule has 0 amide bonds. The van der Waals surface area contributed by atoms with Gasteiger partial charge in [-0.1, -0.05) is 127 Å². The number of para-hydroxylation sites is 3. The summed E-state index contributed by atoms with van der Waals surface area (Å²) in [7, 11) is 0. The first-order valence-electron chi connectivity index (χ1n) is 24.3. The summed E-state index contributed by atoms with van der Waals surface area (Å²) in [5.41, 5.74) is 1.15. The summed E-state index contributed by atoms with van der Waals surface area (Å²) in [4.78, 5) is 0. The second-order valence-corrected chi connectivity index (χ2v) is 11.7. The van der Waals surface area contributed by atoms with E-state index in [9.17, 15) is 11.0 Å². The highest BCUT2D eigenvalue weighted by Crippen LogP contribution is 2.39. The van der Waals surface area contributed by atoms with Crippen LogP contribution < -0.4 is 0 Å². The first-order valence-corrected chi connectivity index (χ1v) is 15.8. The summed E-state index contributed by atoms with van der Waals surface area (Å²) in [5, 5.41) is -1.01. The third-order valence-corrected chi connectivity index (χ3v) is 8.76. The summed E-state index contributed by atoms with van der Waals surface area (Å²) in [6.45, 7) is 0. The minimum absolute atomic E-state index is 0.104. The fourth-order valence-corrected chi connectivity index (χ4v) is 6.53. The fourth-order valence-electron chi connectivity index (χ4n) is 6.53. The van der Waals surface area contributed by atoms with Gasteiger partial charge in [-0.3, -0.25) is 0 Å². The first kappa shape index (κ1) is 16.2. The number of rotatable bonds is 5. The van der Waals surface area contributed by atoms with Crippen molar-refractivity contribution in [3.8, 4) is 44.8 Å². The molecule has 0 radical (unpaired) electrons. The molecule has 0 spiro atoms. The van der Waals surface area contributed by atoms with E-state index in [1.165, 1.54) is 4.57 Å². The summed E-state index contributed by atoms with van der Waals surface area (Å²) in [5.74, 6) is 0. The van der Waals surface area contributed by atoms with E-state index in [-0.39, 0.29) is 55.3 Å². The molecule has 2 heterocycles. The van der Waals surface area contributed by atoms with Crippen molar-refractivity contribution in [1.82, 2.24) is 9.13 Å². The topological polar surface area (TPSA) is 9.86 Å². The number of benzene rings is 8. The van der Waals surface area contributed by atoms with E-state index in [1.54, 1.807) is 12.1 Å². The Bertz CT molecular complexity index is 3740. The van der Waals surface area contributed by atoms with Crippen LogP contribution in [0, 0.1) is 0 Å². The lowest BCUT2D eigenvalue weighted by atomic mass is 9.98. The van der Waals surface area contributed by atoms with Crippen LogP contribution in [0.2, 0.25) is 0 Å². The molecule has 2 aromatic heterocycles. The van der Waals surface area contributed by atoms with Crippen LogP contribution in [0.3, 0.4) is 0 Å². The monoisotopic (exact) mass is 653 g/mol. The Labute approximate surface area is 314 Å². The van der Waals surface area contributed by atoms with E-state index >= 15 is 0 Å². The van der Waals surface area contributed by atoms with E-state index in [2.05, 4.69) is 0 Å². The van der Waals surface area contributed by atoms with Crippen LogP contribution in [-0.2, 0) is 0 Å². The van der Waals surface area contributed by atoms with Crippen molar-refractivity contribution in [2.24, 2.45) is 0 Å². The Morgan fingerprint density at radius 3 is 1.30 bits per heavy atom. The fraction of sp³-hybridized carbons (Fsp3) is 0. The average Bonchev–Trinajstić information content (AvgIpc) is 3.87. The zero-order valence-electron chi connectivity index (χ0n) is 43.1. The van der Waals surface area contributed by atoms with E-state index in [1.807, 2.05) is 66.7 Å². The molecule has 0 atom stereocenters. The van der Waals surface area contributed by atoms with Gasteiger partial charge in [-0.2, -0.15) is 0 Å². The Balaban J connectivity index is 1.38. The summed E-state index contributed by atoms with van der Waals surface area (Å²) < 4.78 is 157. The second-order valence-electron chi connectivity index (χ2n) is 11.7. The van der Waals surface area contributed by atoms with Gasteiger partial charge in [0.2, 0.25) is 0 Å². The van der Waals surface area contributed by atoms with Crippen molar-refractivity contribution in [2.45, 2.75) is 0 Å². The van der Waals surface area contributed by atoms with Crippen molar-refractivity contribution >= 4 is 43.6 Å². The maximum absolute atomic E-state index is 9.92. The SMILES string of the molecule is [2H]c1cc([2H])c(-n2c3c([2H])c([2H])c([2H])c([2H])c3c3c([2H])c(-c4c([2H])c([2H])c5c(c4[2H])c4c([2H])c([2H])c([2H])c([2H])c4n5-c4cc(-c5ccccc5)cc(-c5ccccc5)c4)c([2H])c([2H])c32)c([2H])c1. The first-order chi connectivity index (χ1) is 31.9. The lowest BCUT2D eigenvalue weighted by Crippen LogP contribution is -1.96. The number of fused-ring (bicyclic) bond motifs is 6. The van der Waals surface area contributed by atoms with Crippen molar-refractivity contribution in [1.29, 1.82) is 0 Å². The molecular formula is C48H32N2. The summed E-state index contributed by atoms with van der Waals surface area (Å²) >= 11 is 0. The van der Waals surface area contributed by atoms with Crippen molar-refractivity contribution in [3.05, 3.63) is 194 Å². The Hall–Kier alpha value is -6.64. The van der Waals surface area contributed by atoms with Gasteiger partial charge in [0.1, 0.15) is 0 Å². The van der Waals surface area contributed by atoms with Crippen LogP contribution in [0.25, 0.3) is 88.4 Å². The Kier molecular flexibility index (Phi) is 3.72. The van der Waals surface area contributed by atoms with Gasteiger partial charge in [0.25, 0.3) is 0 Å². The number of aromatic nitrogens is 2. The molecule has 0 saturated carbocycles. The Morgan fingerprint density at radius 2 is 0.780 bits per heavy atom. The van der Waals surface area contributed by atoms with Crippen LogP contribution in [0.1, 0.15) is 23.3 Å². The molecule has 8 aromatic carbocycles. The predicted octanol–water partition coefficient (Wildman–Crippen LogP) is 12.9. The molecule has 2 nitrogen and oxygen atoms in total. The molecule has 0 aliphatic heterocycles. The molecule has 0 aliphatic rings. The number of hydrogen-bond donors (Lipinski definition) is 0. The van der Waals surface area contributed by atoms with Crippen molar-refractivity contribution < 1.29 is 23.3 Å². The number of nitrogens with zero attached hydrogens (tertiary/aromatic N) is 2. The highest BCUT2D eigenvalue weighted by Gasteiger charge is 2.17. The molecule has 10 aromatic rings. The largest absolute Gasteiger partial charge is 0.309 e.